The van der Waals surface area contributed by atoms with E-state index in [4.69, 9.17) is 4.74 Å². The molecule has 1 rings (SSSR count). The van der Waals surface area contributed by atoms with Crippen LogP contribution in [0.5, 0.6) is 0 Å². The number of halogens is 3. The normalized spacial score (nSPS) is 14.2. The van der Waals surface area contributed by atoms with E-state index >= 15 is 0 Å². The maximum absolute atomic E-state index is 12.3. The second-order valence-corrected chi connectivity index (χ2v) is 3.92. The van der Waals surface area contributed by atoms with Crippen LogP contribution in [0.15, 0.2) is 6.20 Å². The van der Waals surface area contributed by atoms with Gasteiger partial charge in [0.05, 0.1) is 12.6 Å². The maximum atomic E-state index is 12.3. The molecule has 0 aliphatic heterocycles. The van der Waals surface area contributed by atoms with E-state index in [1.807, 2.05) is 0 Å². The molecule has 1 aromatic heterocycles. The number of hydrogen-bond donors (Lipinski definition) is 1. The highest BCUT2D eigenvalue weighted by atomic mass is 32.1. The van der Waals surface area contributed by atoms with Crippen molar-refractivity contribution in [2.75, 3.05) is 20.8 Å². The summed E-state index contributed by atoms with van der Waals surface area (Å²) in [5.74, 6) is 0. The zero-order valence-corrected chi connectivity index (χ0v) is 9.08. The fraction of sp³-hybridized carbons (Fsp3) is 0.625. The zero-order valence-electron chi connectivity index (χ0n) is 8.26. The molecule has 0 aliphatic rings. The third kappa shape index (κ3) is 3.15. The smallest absolute Gasteiger partial charge is 0.383 e. The second-order valence-electron chi connectivity index (χ2n) is 2.86. The Morgan fingerprint density at radius 3 is 2.67 bits per heavy atom. The van der Waals surface area contributed by atoms with Crippen molar-refractivity contribution in [3.8, 4) is 0 Å². The van der Waals surface area contributed by atoms with Crippen LogP contribution in [0.3, 0.4) is 0 Å². The first-order valence-electron chi connectivity index (χ1n) is 4.18. The van der Waals surface area contributed by atoms with E-state index in [0.29, 0.717) is 22.8 Å². The molecule has 15 heavy (non-hydrogen) atoms. The Bertz CT molecular complexity index is 313. The molecule has 3 nitrogen and oxygen atoms in total. The quantitative estimate of drug-likeness (QED) is 0.874. The van der Waals surface area contributed by atoms with Crippen molar-refractivity contribution >= 4 is 11.3 Å². The van der Waals surface area contributed by atoms with Crippen LogP contribution in [0.25, 0.3) is 0 Å². The van der Waals surface area contributed by atoms with Gasteiger partial charge < -0.3 is 10.1 Å². The molecule has 1 unspecified atom stereocenters. The van der Waals surface area contributed by atoms with E-state index in [1.165, 1.54) is 13.3 Å². The zero-order chi connectivity index (χ0) is 11.5. The fourth-order valence-electron chi connectivity index (χ4n) is 1.05. The topological polar surface area (TPSA) is 34.1 Å². The number of nitrogens with one attached hydrogen (secondary N) is 1. The third-order valence-corrected chi connectivity index (χ3v) is 2.95. The monoisotopic (exact) mass is 240 g/mol. The molecular formula is C8H11F3N2OS. The highest BCUT2D eigenvalue weighted by Gasteiger charge is 2.35. The molecule has 7 heteroatoms. The third-order valence-electron chi connectivity index (χ3n) is 1.79. The van der Waals surface area contributed by atoms with Gasteiger partial charge in [0.25, 0.3) is 0 Å². The second kappa shape index (κ2) is 4.91. The molecule has 0 saturated heterocycles. The summed E-state index contributed by atoms with van der Waals surface area (Å²) in [6.45, 7) is 0.315. The van der Waals surface area contributed by atoms with Crippen molar-refractivity contribution in [1.29, 1.82) is 0 Å². The number of hydrogen-bond acceptors (Lipinski definition) is 4. The lowest BCUT2D eigenvalue weighted by molar-refractivity contribution is -0.137. The molecule has 0 aromatic carbocycles. The lowest BCUT2D eigenvalue weighted by Gasteiger charge is -2.11. The van der Waals surface area contributed by atoms with E-state index in [1.54, 1.807) is 7.05 Å². The molecule has 0 amide bonds. The number of ether oxygens (including phenoxy) is 1. The summed E-state index contributed by atoms with van der Waals surface area (Å²) in [5.41, 5.74) is 0. The van der Waals surface area contributed by atoms with E-state index in [2.05, 4.69) is 10.3 Å². The van der Waals surface area contributed by atoms with Crippen LogP contribution in [0.4, 0.5) is 13.2 Å². The van der Waals surface area contributed by atoms with E-state index in [0.717, 1.165) is 0 Å². The summed E-state index contributed by atoms with van der Waals surface area (Å²) in [7, 11) is 3.16. The summed E-state index contributed by atoms with van der Waals surface area (Å²) >= 11 is 0.634. The van der Waals surface area contributed by atoms with E-state index in [9.17, 15) is 13.2 Å². The first kappa shape index (κ1) is 12.4. The van der Waals surface area contributed by atoms with Gasteiger partial charge in [0, 0.05) is 18.2 Å². The molecule has 0 saturated carbocycles. The number of nitrogens with zero attached hydrogens (tertiary/aromatic N) is 1. The van der Waals surface area contributed by atoms with Gasteiger partial charge in [-0.1, -0.05) is 0 Å². The molecule has 1 atom stereocenters. The summed E-state index contributed by atoms with van der Waals surface area (Å²) in [4.78, 5) is 3.86. The van der Waals surface area contributed by atoms with Gasteiger partial charge >= 0.3 is 6.18 Å². The van der Waals surface area contributed by atoms with Crippen molar-refractivity contribution in [3.05, 3.63) is 16.1 Å². The number of aromatic nitrogens is 1. The van der Waals surface area contributed by atoms with Gasteiger partial charge in [-0.2, -0.15) is 13.2 Å². The van der Waals surface area contributed by atoms with Crippen LogP contribution in [0.2, 0.25) is 0 Å². The molecule has 1 N–H and O–H groups in total. The minimum Gasteiger partial charge on any atom is -0.383 e. The Morgan fingerprint density at radius 1 is 1.60 bits per heavy atom. The van der Waals surface area contributed by atoms with Crippen molar-refractivity contribution in [2.45, 2.75) is 12.2 Å². The van der Waals surface area contributed by atoms with Crippen molar-refractivity contribution in [1.82, 2.24) is 10.3 Å². The van der Waals surface area contributed by atoms with Crippen LogP contribution in [-0.2, 0) is 10.9 Å². The van der Waals surface area contributed by atoms with Crippen LogP contribution in [0, 0.1) is 0 Å². The summed E-state index contributed by atoms with van der Waals surface area (Å²) in [6, 6.07) is -0.247. The van der Waals surface area contributed by atoms with Gasteiger partial charge in [-0.05, 0) is 7.05 Å². The van der Waals surface area contributed by atoms with Crippen molar-refractivity contribution < 1.29 is 17.9 Å². The Morgan fingerprint density at radius 2 is 2.27 bits per heavy atom. The number of methoxy groups -OCH3 is 1. The molecule has 1 aromatic rings. The Kier molecular flexibility index (Phi) is 4.06. The molecule has 0 aliphatic carbocycles. The fourth-order valence-corrected chi connectivity index (χ4v) is 1.93. The van der Waals surface area contributed by atoms with Crippen LogP contribution in [0.1, 0.15) is 15.9 Å². The Balaban J connectivity index is 2.82. The van der Waals surface area contributed by atoms with Gasteiger partial charge in [0.2, 0.25) is 0 Å². The largest absolute Gasteiger partial charge is 0.443 e. The van der Waals surface area contributed by atoms with Crippen molar-refractivity contribution in [3.63, 3.8) is 0 Å². The Labute approximate surface area is 89.3 Å². The van der Waals surface area contributed by atoms with Crippen LogP contribution >= 0.6 is 11.3 Å². The maximum Gasteiger partial charge on any atom is 0.443 e. The minimum absolute atomic E-state index is 0.247. The van der Waals surface area contributed by atoms with Gasteiger partial charge in [-0.15, -0.1) is 11.3 Å². The molecule has 1 heterocycles. The molecule has 0 spiro atoms. The number of rotatable bonds is 4. The molecule has 0 fully saturated rings. The first-order valence-corrected chi connectivity index (χ1v) is 4.99. The van der Waals surface area contributed by atoms with Gasteiger partial charge in [0.15, 0.2) is 5.01 Å². The standard InChI is InChI=1S/C8H11F3N2OS/c1-12-5(4-14-2)6-3-13-7(15-6)8(9,10)11/h3,5,12H,4H2,1-2H3. The SMILES string of the molecule is CNC(COC)c1cnc(C(F)(F)F)s1. The summed E-state index contributed by atoms with van der Waals surface area (Å²) < 4.78 is 41.6. The number of likely N-dealkylation sites (N-methyl/N-ethyl adjacent to an activating group) is 1. The van der Waals surface area contributed by atoms with E-state index in [-0.39, 0.29) is 6.04 Å². The Hall–Kier alpha value is -0.660. The molecule has 0 radical (unpaired) electrons. The average Bonchev–Trinajstić information content (AvgIpc) is 2.62. The van der Waals surface area contributed by atoms with Crippen LogP contribution in [-0.4, -0.2) is 25.7 Å². The van der Waals surface area contributed by atoms with E-state index < -0.39 is 11.2 Å². The van der Waals surface area contributed by atoms with Gasteiger partial charge in [-0.25, -0.2) is 4.98 Å². The van der Waals surface area contributed by atoms with Crippen LogP contribution < -0.4 is 5.32 Å². The molecular weight excluding hydrogens is 229 g/mol. The lowest BCUT2D eigenvalue weighted by atomic mass is 10.3. The van der Waals surface area contributed by atoms with Gasteiger partial charge in [-0.3, -0.25) is 0 Å². The number of thiazole rings is 1. The molecule has 0 bridgehead atoms. The van der Waals surface area contributed by atoms with Gasteiger partial charge in [0.1, 0.15) is 0 Å². The number of alkyl halides is 3. The average molecular weight is 240 g/mol. The summed E-state index contributed by atoms with van der Waals surface area (Å²) in [6.07, 6.45) is -3.14. The predicted octanol–water partition coefficient (Wildman–Crippen LogP) is 2.07. The predicted molar refractivity (Wildman–Crippen MR) is 50.8 cm³/mol. The highest BCUT2D eigenvalue weighted by molar-refractivity contribution is 7.11. The summed E-state index contributed by atoms with van der Waals surface area (Å²) in [5, 5.41) is 2.04. The van der Waals surface area contributed by atoms with Crippen molar-refractivity contribution in [2.24, 2.45) is 0 Å². The highest BCUT2D eigenvalue weighted by Crippen LogP contribution is 2.34. The lowest BCUT2D eigenvalue weighted by Crippen LogP contribution is -2.19. The molecule has 86 valence electrons. The first-order chi connectivity index (χ1) is 6.99. The minimum atomic E-state index is -4.37.